The SMILES string of the molecule is CNC(NC(C)O)C1=CC=C(C(C)CNCCc2ccc(C(=O)N(C)CC3=CNCC=C3)cc2)CN1C. The minimum absolute atomic E-state index is 0.0315. The van der Waals surface area contributed by atoms with E-state index >= 15 is 0 Å². The number of carbonyl (C=O) groups is 1. The molecular weight excluding hydrogens is 464 g/mol. The molecule has 5 N–H and O–H groups in total. The summed E-state index contributed by atoms with van der Waals surface area (Å²) in [4.78, 5) is 16.7. The third-order valence-electron chi connectivity index (χ3n) is 6.82. The molecule has 8 heteroatoms. The molecule has 1 aromatic rings. The van der Waals surface area contributed by atoms with Crippen molar-refractivity contribution in [3.63, 3.8) is 0 Å². The number of nitrogens with zero attached hydrogens (tertiary/aromatic N) is 2. The Morgan fingerprint density at radius 3 is 2.59 bits per heavy atom. The van der Waals surface area contributed by atoms with Gasteiger partial charge in [-0.25, -0.2) is 0 Å². The molecule has 2 aliphatic heterocycles. The normalized spacial score (nSPS) is 17.8. The molecule has 37 heavy (non-hydrogen) atoms. The van der Waals surface area contributed by atoms with Crippen LogP contribution in [0.25, 0.3) is 0 Å². The van der Waals surface area contributed by atoms with E-state index in [9.17, 15) is 9.90 Å². The zero-order valence-electron chi connectivity index (χ0n) is 22.9. The van der Waals surface area contributed by atoms with E-state index in [4.69, 9.17) is 0 Å². The van der Waals surface area contributed by atoms with Crippen LogP contribution in [0.15, 0.2) is 71.6 Å². The second kappa shape index (κ2) is 14.1. The van der Waals surface area contributed by atoms with Crippen molar-refractivity contribution in [2.24, 2.45) is 5.92 Å². The first-order chi connectivity index (χ1) is 17.8. The Morgan fingerprint density at radius 1 is 1.22 bits per heavy atom. The zero-order valence-corrected chi connectivity index (χ0v) is 22.9. The van der Waals surface area contributed by atoms with Crippen LogP contribution < -0.4 is 21.3 Å². The third kappa shape index (κ3) is 8.57. The lowest BCUT2D eigenvalue weighted by molar-refractivity contribution is 0.0807. The third-order valence-corrected chi connectivity index (χ3v) is 6.82. The van der Waals surface area contributed by atoms with Crippen molar-refractivity contribution in [2.45, 2.75) is 32.7 Å². The number of carbonyl (C=O) groups excluding carboxylic acids is 1. The van der Waals surface area contributed by atoms with E-state index in [1.165, 1.54) is 11.1 Å². The predicted molar refractivity (Wildman–Crippen MR) is 151 cm³/mol. The first-order valence-electron chi connectivity index (χ1n) is 13.2. The first kappa shape index (κ1) is 28.7. The van der Waals surface area contributed by atoms with Crippen LogP contribution in [-0.4, -0.2) is 87.1 Å². The Morgan fingerprint density at radius 2 is 1.97 bits per heavy atom. The predicted octanol–water partition coefficient (Wildman–Crippen LogP) is 1.80. The molecule has 1 aromatic carbocycles. The number of allylic oxidation sites excluding steroid dienone is 2. The number of likely N-dealkylation sites (N-methyl/N-ethyl adjacent to an activating group) is 3. The fourth-order valence-electron chi connectivity index (χ4n) is 4.61. The molecule has 0 saturated carbocycles. The zero-order chi connectivity index (χ0) is 26.8. The van der Waals surface area contributed by atoms with E-state index in [0.717, 1.165) is 43.9 Å². The molecule has 0 bridgehead atoms. The highest BCUT2D eigenvalue weighted by atomic mass is 16.3. The molecule has 3 unspecified atom stereocenters. The quantitative estimate of drug-likeness (QED) is 0.205. The van der Waals surface area contributed by atoms with Crippen molar-refractivity contribution in [1.29, 1.82) is 0 Å². The highest BCUT2D eigenvalue weighted by Gasteiger charge is 2.22. The van der Waals surface area contributed by atoms with Gasteiger partial charge in [0.05, 0.1) is 0 Å². The Bertz CT molecular complexity index is 1010. The fourth-order valence-corrected chi connectivity index (χ4v) is 4.61. The summed E-state index contributed by atoms with van der Waals surface area (Å²) >= 11 is 0. The number of rotatable bonds is 13. The maximum Gasteiger partial charge on any atom is 0.253 e. The molecule has 0 aliphatic carbocycles. The molecule has 2 aliphatic rings. The number of aliphatic hydroxyl groups excluding tert-OH is 1. The van der Waals surface area contributed by atoms with E-state index in [2.05, 4.69) is 76.6 Å². The molecule has 0 radical (unpaired) electrons. The highest BCUT2D eigenvalue weighted by molar-refractivity contribution is 5.94. The van der Waals surface area contributed by atoms with Crippen molar-refractivity contribution < 1.29 is 9.90 Å². The van der Waals surface area contributed by atoms with Crippen LogP contribution in [0.4, 0.5) is 0 Å². The summed E-state index contributed by atoms with van der Waals surface area (Å²) < 4.78 is 0. The van der Waals surface area contributed by atoms with Crippen LogP contribution >= 0.6 is 0 Å². The van der Waals surface area contributed by atoms with E-state index in [1.54, 1.807) is 11.8 Å². The van der Waals surface area contributed by atoms with Gasteiger partial charge in [0.15, 0.2) is 0 Å². The molecule has 0 spiro atoms. The van der Waals surface area contributed by atoms with Gasteiger partial charge in [0.2, 0.25) is 0 Å². The van der Waals surface area contributed by atoms with Gasteiger partial charge in [-0.2, -0.15) is 0 Å². The number of benzene rings is 1. The van der Waals surface area contributed by atoms with Crippen LogP contribution in [0, 0.1) is 5.92 Å². The molecule has 0 fully saturated rings. The topological polar surface area (TPSA) is 91.9 Å². The average Bonchev–Trinajstić information content (AvgIpc) is 2.90. The fraction of sp³-hybridized carbons (Fsp3) is 0.483. The van der Waals surface area contributed by atoms with Crippen LogP contribution in [-0.2, 0) is 6.42 Å². The van der Waals surface area contributed by atoms with Gasteiger partial charge in [-0.3, -0.25) is 15.4 Å². The molecule has 0 saturated heterocycles. The average molecular weight is 509 g/mol. The molecule has 202 valence electrons. The number of dihydropyridines is 1. The van der Waals surface area contributed by atoms with Gasteiger partial charge in [-0.05, 0) is 67.8 Å². The summed E-state index contributed by atoms with van der Waals surface area (Å²) in [6, 6.07) is 7.96. The Labute approximate surface area is 222 Å². The van der Waals surface area contributed by atoms with Crippen molar-refractivity contribution in [2.75, 3.05) is 53.9 Å². The standard InChI is InChI=1S/C29H44N6O2/c1-21(26-12-13-27(34(4)20-26)28(30-3)33-22(2)36)17-32-16-14-23-8-10-25(11-9-23)29(37)35(5)19-24-7-6-15-31-18-24/h6-13,18,21-22,28,30-33,36H,14-17,19-20H2,1-5H3. The number of nitrogens with one attached hydrogen (secondary N) is 4. The van der Waals surface area contributed by atoms with E-state index < -0.39 is 6.23 Å². The number of hydrogen-bond acceptors (Lipinski definition) is 7. The van der Waals surface area contributed by atoms with Crippen molar-refractivity contribution in [1.82, 2.24) is 31.1 Å². The molecule has 0 aromatic heterocycles. The van der Waals surface area contributed by atoms with Gasteiger partial charge in [0.1, 0.15) is 12.4 Å². The molecule has 1 amide bonds. The smallest absolute Gasteiger partial charge is 0.253 e. The first-order valence-corrected chi connectivity index (χ1v) is 13.2. The molecular formula is C29H44N6O2. The Hall–Kier alpha value is -2.91. The van der Waals surface area contributed by atoms with Crippen LogP contribution in [0.1, 0.15) is 29.8 Å². The summed E-state index contributed by atoms with van der Waals surface area (Å²) in [6.45, 7) is 8.06. The van der Waals surface area contributed by atoms with Crippen LogP contribution in [0.2, 0.25) is 0 Å². The summed E-state index contributed by atoms with van der Waals surface area (Å²) in [5.41, 5.74) is 5.52. The summed E-state index contributed by atoms with van der Waals surface area (Å²) in [6.07, 6.45) is 10.7. The lowest BCUT2D eigenvalue weighted by Crippen LogP contribution is -2.50. The van der Waals surface area contributed by atoms with Crippen molar-refractivity contribution in [3.05, 3.63) is 82.7 Å². The molecule has 3 atom stereocenters. The van der Waals surface area contributed by atoms with Crippen molar-refractivity contribution >= 4 is 5.91 Å². The largest absolute Gasteiger partial charge is 0.387 e. The molecule has 3 rings (SSSR count). The van der Waals surface area contributed by atoms with E-state index in [-0.39, 0.29) is 12.1 Å². The maximum atomic E-state index is 12.8. The van der Waals surface area contributed by atoms with E-state index in [0.29, 0.717) is 18.0 Å². The van der Waals surface area contributed by atoms with Crippen LogP contribution in [0.3, 0.4) is 0 Å². The second-order valence-corrected chi connectivity index (χ2v) is 10.00. The lowest BCUT2D eigenvalue weighted by atomic mass is 9.97. The lowest BCUT2D eigenvalue weighted by Gasteiger charge is -2.34. The minimum atomic E-state index is -0.585. The summed E-state index contributed by atoms with van der Waals surface area (Å²) in [5, 5.41) is 22.8. The van der Waals surface area contributed by atoms with Gasteiger partial charge >= 0.3 is 0 Å². The second-order valence-electron chi connectivity index (χ2n) is 10.00. The van der Waals surface area contributed by atoms with E-state index in [1.807, 2.05) is 32.4 Å². The monoisotopic (exact) mass is 508 g/mol. The number of amides is 1. The number of hydrogen-bond donors (Lipinski definition) is 5. The van der Waals surface area contributed by atoms with Gasteiger partial charge in [0.25, 0.3) is 5.91 Å². The van der Waals surface area contributed by atoms with Gasteiger partial charge in [-0.15, -0.1) is 0 Å². The molecule has 2 heterocycles. The van der Waals surface area contributed by atoms with Gasteiger partial charge in [0, 0.05) is 57.7 Å². The maximum absolute atomic E-state index is 12.8. The molecule has 8 nitrogen and oxygen atoms in total. The summed E-state index contributed by atoms with van der Waals surface area (Å²) in [5.74, 6) is 0.446. The Kier molecular flexibility index (Phi) is 11.0. The van der Waals surface area contributed by atoms with Gasteiger partial charge < -0.3 is 25.5 Å². The number of aliphatic hydroxyl groups is 1. The minimum Gasteiger partial charge on any atom is -0.387 e. The summed E-state index contributed by atoms with van der Waals surface area (Å²) in [7, 11) is 5.81. The Balaban J connectivity index is 1.43. The highest BCUT2D eigenvalue weighted by Crippen LogP contribution is 2.21. The van der Waals surface area contributed by atoms with Crippen molar-refractivity contribution in [3.8, 4) is 0 Å². The van der Waals surface area contributed by atoms with Gasteiger partial charge in [-0.1, -0.05) is 37.3 Å². The van der Waals surface area contributed by atoms with Crippen LogP contribution in [0.5, 0.6) is 0 Å².